The first-order chi connectivity index (χ1) is 13.7. The highest BCUT2D eigenvalue weighted by molar-refractivity contribution is 5.83. The average molecular weight is 377 g/mol. The molecule has 0 spiro atoms. The molecule has 2 heterocycles. The van der Waals surface area contributed by atoms with Crippen LogP contribution in [0.1, 0.15) is 55.8 Å². The van der Waals surface area contributed by atoms with Crippen LogP contribution < -0.4 is 0 Å². The molecule has 1 aliphatic heterocycles. The van der Waals surface area contributed by atoms with Crippen molar-refractivity contribution < 1.29 is 9.32 Å². The van der Waals surface area contributed by atoms with Crippen LogP contribution in [0.4, 0.5) is 0 Å². The summed E-state index contributed by atoms with van der Waals surface area (Å²) in [5.74, 6) is 4.10. The topological polar surface area (TPSA) is 59.2 Å². The largest absolute Gasteiger partial charge is 0.341 e. The number of hydrogen-bond acceptors (Lipinski definition) is 4. The SMILES string of the molecule is O=C(C1[C@H]2CCC[C@@H]12)N1C[C@H]2CCC[C@@]2(c2nc(Cc3ccccc3)no2)C1. The Morgan fingerprint density at radius 2 is 1.96 bits per heavy atom. The summed E-state index contributed by atoms with van der Waals surface area (Å²) >= 11 is 0. The van der Waals surface area contributed by atoms with E-state index in [1.165, 1.54) is 31.2 Å². The van der Waals surface area contributed by atoms with E-state index in [1.807, 2.05) is 18.2 Å². The van der Waals surface area contributed by atoms with E-state index in [4.69, 9.17) is 9.51 Å². The Labute approximate surface area is 165 Å². The van der Waals surface area contributed by atoms with Gasteiger partial charge in [-0.3, -0.25) is 4.79 Å². The predicted molar refractivity (Wildman–Crippen MR) is 103 cm³/mol. The summed E-state index contributed by atoms with van der Waals surface area (Å²) in [4.78, 5) is 20.1. The van der Waals surface area contributed by atoms with E-state index < -0.39 is 0 Å². The van der Waals surface area contributed by atoms with Crippen LogP contribution in [0.2, 0.25) is 0 Å². The van der Waals surface area contributed by atoms with Crippen molar-refractivity contribution in [2.24, 2.45) is 23.7 Å². The molecular formula is C23H27N3O2. The van der Waals surface area contributed by atoms with E-state index in [0.29, 0.717) is 36.0 Å². The molecule has 1 aromatic heterocycles. The molecule has 5 heteroatoms. The second kappa shape index (κ2) is 6.16. The van der Waals surface area contributed by atoms with Crippen molar-refractivity contribution in [1.29, 1.82) is 0 Å². The summed E-state index contributed by atoms with van der Waals surface area (Å²) in [5, 5.41) is 4.29. The fraction of sp³-hybridized carbons (Fsp3) is 0.609. The molecule has 28 heavy (non-hydrogen) atoms. The highest BCUT2D eigenvalue weighted by Crippen LogP contribution is 2.59. The van der Waals surface area contributed by atoms with Crippen molar-refractivity contribution in [2.75, 3.05) is 13.1 Å². The van der Waals surface area contributed by atoms with E-state index in [1.54, 1.807) is 0 Å². The Kier molecular flexibility index (Phi) is 3.69. The van der Waals surface area contributed by atoms with Crippen LogP contribution in [0.25, 0.3) is 0 Å². The summed E-state index contributed by atoms with van der Waals surface area (Å²) in [5.41, 5.74) is 1.08. The maximum Gasteiger partial charge on any atom is 0.235 e. The number of benzene rings is 1. The Bertz CT molecular complexity index is 884. The lowest BCUT2D eigenvalue weighted by atomic mass is 9.80. The van der Waals surface area contributed by atoms with Gasteiger partial charge in [-0.05, 0) is 49.0 Å². The third-order valence-corrected chi connectivity index (χ3v) is 7.97. The van der Waals surface area contributed by atoms with Gasteiger partial charge < -0.3 is 9.42 Å². The van der Waals surface area contributed by atoms with Crippen molar-refractivity contribution in [3.63, 3.8) is 0 Å². The van der Waals surface area contributed by atoms with Gasteiger partial charge in [0.1, 0.15) is 0 Å². The van der Waals surface area contributed by atoms with Crippen LogP contribution in [0.5, 0.6) is 0 Å². The van der Waals surface area contributed by atoms with Gasteiger partial charge in [-0.2, -0.15) is 4.98 Å². The molecule has 1 saturated heterocycles. The summed E-state index contributed by atoms with van der Waals surface area (Å²) in [7, 11) is 0. The summed E-state index contributed by atoms with van der Waals surface area (Å²) in [6, 6.07) is 10.3. The van der Waals surface area contributed by atoms with Gasteiger partial charge in [0.05, 0.1) is 5.41 Å². The van der Waals surface area contributed by atoms with Crippen LogP contribution in [0.15, 0.2) is 34.9 Å². The van der Waals surface area contributed by atoms with Crippen molar-refractivity contribution >= 4 is 5.91 Å². The molecule has 0 N–H and O–H groups in total. The van der Waals surface area contributed by atoms with Gasteiger partial charge in [0.2, 0.25) is 11.8 Å². The van der Waals surface area contributed by atoms with Gasteiger partial charge in [0.15, 0.2) is 5.82 Å². The molecule has 2 aromatic rings. The fourth-order valence-corrected chi connectivity index (χ4v) is 6.51. The maximum absolute atomic E-state index is 13.1. The second-order valence-corrected chi connectivity index (χ2v) is 9.43. The first kappa shape index (κ1) is 16.8. The Balaban J connectivity index is 1.22. The van der Waals surface area contributed by atoms with E-state index in [9.17, 15) is 4.79 Å². The van der Waals surface area contributed by atoms with Crippen molar-refractivity contribution in [1.82, 2.24) is 15.0 Å². The minimum atomic E-state index is -0.110. The van der Waals surface area contributed by atoms with Crippen LogP contribution in [-0.4, -0.2) is 34.0 Å². The molecule has 4 aliphatic rings. The number of aromatic nitrogens is 2. The Morgan fingerprint density at radius 1 is 1.14 bits per heavy atom. The fourth-order valence-electron chi connectivity index (χ4n) is 6.51. The Hall–Kier alpha value is -2.17. The van der Waals surface area contributed by atoms with Crippen LogP contribution in [-0.2, 0) is 16.6 Å². The third-order valence-electron chi connectivity index (χ3n) is 7.97. The zero-order valence-electron chi connectivity index (χ0n) is 16.2. The minimum Gasteiger partial charge on any atom is -0.341 e. The van der Waals surface area contributed by atoms with Crippen molar-refractivity contribution in [2.45, 2.75) is 50.4 Å². The van der Waals surface area contributed by atoms with Gasteiger partial charge >= 0.3 is 0 Å². The molecule has 1 unspecified atom stereocenters. The molecule has 5 atom stereocenters. The molecule has 1 aromatic carbocycles. The predicted octanol–water partition coefficient (Wildman–Crippen LogP) is 3.59. The number of hydrogen-bond donors (Lipinski definition) is 0. The van der Waals surface area contributed by atoms with Gasteiger partial charge in [-0.25, -0.2) is 0 Å². The number of fused-ring (bicyclic) bond motifs is 2. The minimum absolute atomic E-state index is 0.110. The number of amides is 1. The molecule has 5 nitrogen and oxygen atoms in total. The molecule has 0 bridgehead atoms. The molecule has 3 aliphatic carbocycles. The zero-order chi connectivity index (χ0) is 18.7. The number of rotatable bonds is 4. The first-order valence-corrected chi connectivity index (χ1v) is 10.9. The molecular weight excluding hydrogens is 350 g/mol. The van der Waals surface area contributed by atoms with Crippen LogP contribution in [0, 0.1) is 23.7 Å². The molecule has 0 radical (unpaired) electrons. The monoisotopic (exact) mass is 377 g/mol. The lowest BCUT2D eigenvalue weighted by molar-refractivity contribution is -0.132. The lowest BCUT2D eigenvalue weighted by Crippen LogP contribution is -2.36. The highest BCUT2D eigenvalue weighted by Gasteiger charge is 2.61. The van der Waals surface area contributed by atoms with E-state index in [2.05, 4.69) is 22.2 Å². The van der Waals surface area contributed by atoms with E-state index in [0.717, 1.165) is 37.6 Å². The third kappa shape index (κ3) is 2.48. The number of nitrogens with zero attached hydrogens (tertiary/aromatic N) is 3. The van der Waals surface area contributed by atoms with Crippen LogP contribution in [0.3, 0.4) is 0 Å². The van der Waals surface area contributed by atoms with Gasteiger partial charge in [0, 0.05) is 25.4 Å². The normalized spacial score (nSPS) is 35.8. The Morgan fingerprint density at radius 3 is 2.79 bits per heavy atom. The molecule has 3 saturated carbocycles. The van der Waals surface area contributed by atoms with Crippen molar-refractivity contribution in [3.8, 4) is 0 Å². The molecule has 6 rings (SSSR count). The van der Waals surface area contributed by atoms with Gasteiger partial charge in [-0.1, -0.05) is 48.3 Å². The van der Waals surface area contributed by atoms with E-state index in [-0.39, 0.29) is 5.41 Å². The molecule has 1 amide bonds. The maximum atomic E-state index is 13.1. The second-order valence-electron chi connectivity index (χ2n) is 9.43. The number of carbonyl (C=O) groups excluding carboxylic acids is 1. The standard InChI is InChI=1S/C23H27N3O2/c27-21(20-17-9-4-10-18(17)20)26-13-16-8-5-11-23(16,14-26)22-24-19(25-28-22)12-15-6-2-1-3-7-15/h1-3,6-7,16-18,20H,4-5,8-14H2/t16-,17-,18+,20?,23-/m1/s1. The number of carbonyl (C=O) groups is 1. The highest BCUT2D eigenvalue weighted by atomic mass is 16.5. The lowest BCUT2D eigenvalue weighted by Gasteiger charge is -2.24. The quantitative estimate of drug-likeness (QED) is 0.817. The number of likely N-dealkylation sites (tertiary alicyclic amines) is 1. The smallest absolute Gasteiger partial charge is 0.235 e. The van der Waals surface area contributed by atoms with Gasteiger partial charge in [-0.15, -0.1) is 0 Å². The summed E-state index contributed by atoms with van der Waals surface area (Å²) < 4.78 is 5.81. The summed E-state index contributed by atoms with van der Waals surface area (Å²) in [6.45, 7) is 1.66. The first-order valence-electron chi connectivity index (χ1n) is 10.9. The van der Waals surface area contributed by atoms with Crippen LogP contribution >= 0.6 is 0 Å². The average Bonchev–Trinajstić information content (AvgIpc) is 3.24. The summed E-state index contributed by atoms with van der Waals surface area (Å²) in [6.07, 6.45) is 7.95. The van der Waals surface area contributed by atoms with E-state index >= 15 is 0 Å². The molecule has 4 fully saturated rings. The zero-order valence-corrected chi connectivity index (χ0v) is 16.2. The van der Waals surface area contributed by atoms with Gasteiger partial charge in [0.25, 0.3) is 0 Å². The molecule has 146 valence electrons. The van der Waals surface area contributed by atoms with Crippen molar-refractivity contribution in [3.05, 3.63) is 47.6 Å².